The molecule has 102 valence electrons. The Kier molecular flexibility index (Phi) is 4.30. The number of rotatable bonds is 3. The lowest BCUT2D eigenvalue weighted by molar-refractivity contribution is -0.388. The lowest BCUT2D eigenvalue weighted by Gasteiger charge is -2.09. The molecule has 0 bridgehead atoms. The topological polar surface area (TPSA) is 80.4 Å². The zero-order valence-corrected chi connectivity index (χ0v) is 10.5. The predicted molar refractivity (Wildman–Crippen MR) is 62.5 cm³/mol. The highest BCUT2D eigenvalue weighted by Crippen LogP contribution is 2.39. The van der Waals surface area contributed by atoms with Gasteiger partial charge in [-0.15, -0.1) is 0 Å². The third-order valence-electron chi connectivity index (χ3n) is 2.02. The van der Waals surface area contributed by atoms with E-state index in [9.17, 15) is 28.1 Å². The Morgan fingerprint density at radius 3 is 2.42 bits per heavy atom. The van der Waals surface area contributed by atoms with Gasteiger partial charge in [-0.3, -0.25) is 10.1 Å². The van der Waals surface area contributed by atoms with E-state index in [4.69, 9.17) is 5.11 Å². The van der Waals surface area contributed by atoms with E-state index >= 15 is 0 Å². The van der Waals surface area contributed by atoms with Crippen LogP contribution in [0.25, 0.3) is 6.08 Å². The second kappa shape index (κ2) is 5.39. The molecule has 0 aliphatic heterocycles. The minimum absolute atomic E-state index is 0.0397. The van der Waals surface area contributed by atoms with Crippen molar-refractivity contribution in [1.82, 2.24) is 0 Å². The fourth-order valence-electron chi connectivity index (χ4n) is 1.24. The summed E-state index contributed by atoms with van der Waals surface area (Å²) in [6, 6.07) is 1.20. The van der Waals surface area contributed by atoms with E-state index < -0.39 is 28.3 Å². The molecule has 0 unspecified atom stereocenters. The molecule has 0 radical (unpaired) electrons. The van der Waals surface area contributed by atoms with Crippen LogP contribution in [0.15, 0.2) is 22.7 Å². The fraction of sp³-hybridized carbons (Fsp3) is 0.100. The molecule has 0 atom stereocenters. The maximum Gasteiger partial charge on any atom is 0.423 e. The summed E-state index contributed by atoms with van der Waals surface area (Å²) in [4.78, 5) is 19.8. The second-order valence-electron chi connectivity index (χ2n) is 3.32. The van der Waals surface area contributed by atoms with Crippen LogP contribution in [0.4, 0.5) is 18.9 Å². The van der Waals surface area contributed by atoms with Crippen molar-refractivity contribution in [2.75, 3.05) is 0 Å². The van der Waals surface area contributed by atoms with Gasteiger partial charge >= 0.3 is 12.1 Å². The van der Waals surface area contributed by atoms with Gasteiger partial charge in [0, 0.05) is 16.6 Å². The standard InChI is InChI=1S/C10H5BrF3NO4/c11-7-4-6(10(12,13)14)8(15(18)19)3-5(7)1-2-9(16)17/h1-4H,(H,16,17)/b2-1+. The molecule has 0 saturated heterocycles. The number of aliphatic carboxylic acids is 1. The molecule has 0 spiro atoms. The van der Waals surface area contributed by atoms with Gasteiger partial charge in [0.25, 0.3) is 5.69 Å². The zero-order valence-electron chi connectivity index (χ0n) is 8.94. The third kappa shape index (κ3) is 3.78. The van der Waals surface area contributed by atoms with E-state index in [0.29, 0.717) is 18.2 Å². The first-order chi connectivity index (χ1) is 8.62. The van der Waals surface area contributed by atoms with Crippen molar-refractivity contribution in [3.8, 4) is 0 Å². The molecule has 19 heavy (non-hydrogen) atoms. The molecule has 0 aliphatic carbocycles. The molecule has 1 N–H and O–H groups in total. The monoisotopic (exact) mass is 339 g/mol. The Hall–Kier alpha value is -1.90. The number of carboxylic acids is 1. The molecule has 0 fully saturated rings. The SMILES string of the molecule is O=C(O)/C=C/c1cc([N+](=O)[O-])c(C(F)(F)F)cc1Br. The van der Waals surface area contributed by atoms with Crippen LogP contribution in [-0.2, 0) is 11.0 Å². The lowest BCUT2D eigenvalue weighted by Crippen LogP contribution is -2.09. The van der Waals surface area contributed by atoms with Gasteiger partial charge in [0.05, 0.1) is 4.92 Å². The summed E-state index contributed by atoms with van der Waals surface area (Å²) in [6.07, 6.45) is -3.25. The smallest absolute Gasteiger partial charge is 0.423 e. The van der Waals surface area contributed by atoms with Crippen molar-refractivity contribution >= 4 is 33.7 Å². The molecule has 9 heteroatoms. The van der Waals surface area contributed by atoms with Crippen LogP contribution >= 0.6 is 15.9 Å². The molecular weight excluding hydrogens is 335 g/mol. The van der Waals surface area contributed by atoms with E-state index in [0.717, 1.165) is 6.08 Å². The summed E-state index contributed by atoms with van der Waals surface area (Å²) < 4.78 is 37.7. The Balaban J connectivity index is 3.45. The number of halogens is 4. The van der Waals surface area contributed by atoms with Gasteiger partial charge in [0.2, 0.25) is 0 Å². The average molecular weight is 340 g/mol. The molecule has 0 aromatic heterocycles. The van der Waals surface area contributed by atoms with Crippen molar-refractivity contribution in [2.45, 2.75) is 6.18 Å². The van der Waals surface area contributed by atoms with Crippen LogP contribution in [-0.4, -0.2) is 16.0 Å². The quantitative estimate of drug-likeness (QED) is 0.519. The van der Waals surface area contributed by atoms with Gasteiger partial charge in [0.15, 0.2) is 0 Å². The Labute approximate surface area is 112 Å². The van der Waals surface area contributed by atoms with E-state index in [2.05, 4.69) is 15.9 Å². The van der Waals surface area contributed by atoms with Crippen molar-refractivity contribution in [2.24, 2.45) is 0 Å². The van der Waals surface area contributed by atoms with Gasteiger partial charge in [-0.05, 0) is 17.7 Å². The summed E-state index contributed by atoms with van der Waals surface area (Å²) >= 11 is 2.81. The largest absolute Gasteiger partial charge is 0.478 e. The van der Waals surface area contributed by atoms with Crippen molar-refractivity contribution < 1.29 is 28.0 Å². The summed E-state index contributed by atoms with van der Waals surface area (Å²) in [5.74, 6) is -1.32. The minimum Gasteiger partial charge on any atom is -0.478 e. The number of carboxylic acid groups (broad SMARTS) is 1. The molecule has 0 saturated carbocycles. The number of nitro groups is 1. The summed E-state index contributed by atoms with van der Waals surface area (Å²) in [5.41, 5.74) is -2.58. The Morgan fingerprint density at radius 1 is 1.42 bits per heavy atom. The second-order valence-corrected chi connectivity index (χ2v) is 4.17. The van der Waals surface area contributed by atoms with Gasteiger partial charge in [0.1, 0.15) is 5.56 Å². The predicted octanol–water partition coefficient (Wildman–Crippen LogP) is 3.47. The van der Waals surface area contributed by atoms with E-state index in [-0.39, 0.29) is 10.0 Å². The number of alkyl halides is 3. The fourth-order valence-corrected chi connectivity index (χ4v) is 1.72. The molecule has 0 amide bonds. The number of nitrogens with zero attached hydrogens (tertiary/aromatic N) is 1. The molecule has 5 nitrogen and oxygen atoms in total. The first kappa shape index (κ1) is 15.2. The molecule has 1 aromatic rings. The molecule has 1 rings (SSSR count). The van der Waals surface area contributed by atoms with Crippen LogP contribution in [0.5, 0.6) is 0 Å². The Bertz CT molecular complexity index is 569. The molecular formula is C10H5BrF3NO4. The number of carbonyl (C=O) groups is 1. The normalized spacial score (nSPS) is 11.8. The number of nitro benzene ring substituents is 1. The van der Waals surface area contributed by atoms with Crippen LogP contribution in [0.3, 0.4) is 0 Å². The summed E-state index contributed by atoms with van der Waals surface area (Å²) in [5, 5.41) is 19.0. The summed E-state index contributed by atoms with van der Waals surface area (Å²) in [7, 11) is 0. The van der Waals surface area contributed by atoms with Crippen molar-refractivity contribution in [1.29, 1.82) is 0 Å². The maximum absolute atomic E-state index is 12.6. The van der Waals surface area contributed by atoms with E-state index in [1.54, 1.807) is 0 Å². The average Bonchev–Trinajstić information content (AvgIpc) is 2.25. The maximum atomic E-state index is 12.6. The number of hydrogen-bond donors (Lipinski definition) is 1. The first-order valence-electron chi connectivity index (χ1n) is 4.59. The van der Waals surface area contributed by atoms with Crippen LogP contribution in [0.1, 0.15) is 11.1 Å². The highest BCUT2D eigenvalue weighted by atomic mass is 79.9. The zero-order chi connectivity index (χ0) is 14.8. The van der Waals surface area contributed by atoms with Gasteiger partial charge < -0.3 is 5.11 Å². The highest BCUT2D eigenvalue weighted by Gasteiger charge is 2.38. The van der Waals surface area contributed by atoms with E-state index in [1.807, 2.05) is 0 Å². The highest BCUT2D eigenvalue weighted by molar-refractivity contribution is 9.10. The molecule has 0 heterocycles. The third-order valence-corrected chi connectivity index (χ3v) is 2.71. The van der Waals surface area contributed by atoms with Crippen LogP contribution < -0.4 is 0 Å². The van der Waals surface area contributed by atoms with E-state index in [1.165, 1.54) is 0 Å². The van der Waals surface area contributed by atoms with Crippen LogP contribution in [0.2, 0.25) is 0 Å². The number of benzene rings is 1. The molecule has 1 aromatic carbocycles. The first-order valence-corrected chi connectivity index (χ1v) is 5.38. The molecule has 0 aliphatic rings. The van der Waals surface area contributed by atoms with Gasteiger partial charge in [-0.2, -0.15) is 13.2 Å². The van der Waals surface area contributed by atoms with Crippen molar-refractivity contribution in [3.63, 3.8) is 0 Å². The van der Waals surface area contributed by atoms with Gasteiger partial charge in [-0.1, -0.05) is 15.9 Å². The summed E-state index contributed by atoms with van der Waals surface area (Å²) in [6.45, 7) is 0. The Morgan fingerprint density at radius 2 is 2.00 bits per heavy atom. The lowest BCUT2D eigenvalue weighted by atomic mass is 10.1. The van der Waals surface area contributed by atoms with Crippen molar-refractivity contribution in [3.05, 3.63) is 43.9 Å². The van der Waals surface area contributed by atoms with Gasteiger partial charge in [-0.25, -0.2) is 4.79 Å². The minimum atomic E-state index is -4.88. The van der Waals surface area contributed by atoms with Crippen LogP contribution in [0, 0.1) is 10.1 Å². The number of hydrogen-bond acceptors (Lipinski definition) is 3.